The van der Waals surface area contributed by atoms with E-state index in [-0.39, 0.29) is 5.56 Å². The van der Waals surface area contributed by atoms with Crippen molar-refractivity contribution in [2.24, 2.45) is 0 Å². The number of H-pyrrole nitrogens is 1. The first-order valence-electron chi connectivity index (χ1n) is 6.71. The summed E-state index contributed by atoms with van der Waals surface area (Å²) >= 11 is 6.06. The van der Waals surface area contributed by atoms with Crippen LogP contribution in [0.4, 0.5) is 4.39 Å². The molecule has 0 unspecified atom stereocenters. The minimum Gasteiger partial charge on any atom is -0.454 e. The van der Waals surface area contributed by atoms with E-state index in [1.54, 1.807) is 18.3 Å². The minimum atomic E-state index is -0.419. The second-order valence-corrected chi connectivity index (χ2v) is 5.30. The van der Waals surface area contributed by atoms with Crippen molar-refractivity contribution in [3.05, 3.63) is 65.6 Å². The lowest BCUT2D eigenvalue weighted by molar-refractivity contribution is 0.627. The molecule has 5 heteroatoms. The zero-order valence-electron chi connectivity index (χ0n) is 11.3. The van der Waals surface area contributed by atoms with Crippen LogP contribution >= 0.6 is 11.6 Å². The number of hydrogen-bond acceptors (Lipinski definition) is 2. The Kier molecular flexibility index (Phi) is 2.98. The van der Waals surface area contributed by atoms with Crippen molar-refractivity contribution in [2.45, 2.75) is 0 Å². The highest BCUT2D eigenvalue weighted by molar-refractivity contribution is 6.33. The van der Waals surface area contributed by atoms with Crippen LogP contribution in [-0.4, -0.2) is 9.97 Å². The van der Waals surface area contributed by atoms with Gasteiger partial charge in [-0.05, 0) is 24.3 Å². The molecule has 0 aliphatic rings. The Hall–Kier alpha value is -2.59. The molecule has 0 aliphatic heterocycles. The first-order valence-corrected chi connectivity index (χ1v) is 7.08. The van der Waals surface area contributed by atoms with Gasteiger partial charge in [0.1, 0.15) is 22.9 Å². The number of halogens is 2. The summed E-state index contributed by atoms with van der Waals surface area (Å²) in [7, 11) is 0. The number of furan rings is 1. The van der Waals surface area contributed by atoms with Crippen molar-refractivity contribution in [1.82, 2.24) is 9.97 Å². The van der Waals surface area contributed by atoms with Crippen LogP contribution in [0.2, 0.25) is 5.02 Å². The molecule has 0 fully saturated rings. The molecule has 3 nitrogen and oxygen atoms in total. The smallest absolute Gasteiger partial charge is 0.153 e. The molecule has 1 N–H and O–H groups in total. The molecule has 4 rings (SSSR count). The molecule has 2 heterocycles. The number of aromatic amines is 1. The van der Waals surface area contributed by atoms with Crippen LogP contribution in [-0.2, 0) is 0 Å². The number of aromatic nitrogens is 2. The van der Waals surface area contributed by atoms with E-state index < -0.39 is 5.82 Å². The standard InChI is InChI=1S/C17H10ClFN2O/c18-11-5-3-6-12(19)16(11)17-20-9-13(21-17)15-8-10-4-1-2-7-14(10)22-15/h1-9H,(H,20,21). The van der Waals surface area contributed by atoms with Gasteiger partial charge < -0.3 is 9.40 Å². The summed E-state index contributed by atoms with van der Waals surface area (Å²) in [5, 5.41) is 1.31. The third kappa shape index (κ3) is 2.09. The maximum atomic E-state index is 13.9. The number of benzene rings is 2. The number of nitrogens with zero attached hydrogens (tertiary/aromatic N) is 1. The highest BCUT2D eigenvalue weighted by atomic mass is 35.5. The largest absolute Gasteiger partial charge is 0.454 e. The monoisotopic (exact) mass is 312 g/mol. The average molecular weight is 313 g/mol. The van der Waals surface area contributed by atoms with Gasteiger partial charge >= 0.3 is 0 Å². The Morgan fingerprint density at radius 3 is 2.77 bits per heavy atom. The predicted octanol–water partition coefficient (Wildman–Crippen LogP) is 5.28. The Labute approximate surface area is 130 Å². The third-order valence-corrected chi connectivity index (χ3v) is 3.78. The summed E-state index contributed by atoms with van der Waals surface area (Å²) < 4.78 is 19.7. The number of imidazole rings is 1. The minimum absolute atomic E-state index is 0.256. The van der Waals surface area contributed by atoms with Crippen LogP contribution in [0.5, 0.6) is 0 Å². The van der Waals surface area contributed by atoms with Crippen molar-refractivity contribution in [2.75, 3.05) is 0 Å². The normalized spacial score (nSPS) is 11.2. The molecule has 0 radical (unpaired) electrons. The summed E-state index contributed by atoms with van der Waals surface area (Å²) in [5.41, 5.74) is 1.72. The molecule has 0 amide bonds. The van der Waals surface area contributed by atoms with Crippen LogP contribution in [0.25, 0.3) is 33.8 Å². The van der Waals surface area contributed by atoms with Crippen molar-refractivity contribution >= 4 is 22.6 Å². The van der Waals surface area contributed by atoms with Crippen LogP contribution in [0, 0.1) is 5.82 Å². The number of hydrogen-bond donors (Lipinski definition) is 1. The fourth-order valence-electron chi connectivity index (χ4n) is 2.41. The van der Waals surface area contributed by atoms with E-state index >= 15 is 0 Å². The summed E-state index contributed by atoms with van der Waals surface area (Å²) in [4.78, 5) is 7.27. The fourth-order valence-corrected chi connectivity index (χ4v) is 2.66. The van der Waals surface area contributed by atoms with Gasteiger partial charge in [-0.1, -0.05) is 35.9 Å². The molecular formula is C17H10ClFN2O. The molecule has 2 aromatic carbocycles. The lowest BCUT2D eigenvalue weighted by Crippen LogP contribution is -1.87. The number of nitrogens with one attached hydrogen (secondary N) is 1. The highest BCUT2D eigenvalue weighted by Gasteiger charge is 2.15. The second-order valence-electron chi connectivity index (χ2n) is 4.89. The summed E-state index contributed by atoms with van der Waals surface area (Å²) in [6, 6.07) is 14.2. The van der Waals surface area contributed by atoms with Gasteiger partial charge in [-0.2, -0.15) is 0 Å². The Morgan fingerprint density at radius 1 is 1.09 bits per heavy atom. The topological polar surface area (TPSA) is 41.8 Å². The van der Waals surface area contributed by atoms with E-state index in [0.717, 1.165) is 11.0 Å². The van der Waals surface area contributed by atoms with Gasteiger partial charge in [0.15, 0.2) is 5.76 Å². The molecule has 0 aliphatic carbocycles. The maximum Gasteiger partial charge on any atom is 0.153 e. The van der Waals surface area contributed by atoms with Crippen molar-refractivity contribution in [3.8, 4) is 22.8 Å². The SMILES string of the molecule is Fc1cccc(Cl)c1-c1ncc(-c2cc3ccccc3o2)[nH]1. The second kappa shape index (κ2) is 5.00. The number of para-hydroxylation sites is 1. The van der Waals surface area contributed by atoms with Crippen molar-refractivity contribution in [1.29, 1.82) is 0 Å². The lowest BCUT2D eigenvalue weighted by Gasteiger charge is -2.01. The van der Waals surface area contributed by atoms with Gasteiger partial charge in [-0.15, -0.1) is 0 Å². The van der Waals surface area contributed by atoms with Crippen molar-refractivity contribution < 1.29 is 8.81 Å². The molecule has 4 aromatic rings. The number of rotatable bonds is 2. The summed E-state index contributed by atoms with van der Waals surface area (Å²) in [5.74, 6) is 0.601. The van der Waals surface area contributed by atoms with Gasteiger partial charge in [0.05, 0.1) is 16.8 Å². The molecular weight excluding hydrogens is 303 g/mol. The van der Waals surface area contributed by atoms with E-state index in [9.17, 15) is 4.39 Å². The molecule has 0 bridgehead atoms. The van der Waals surface area contributed by atoms with Gasteiger partial charge in [0.25, 0.3) is 0 Å². The molecule has 22 heavy (non-hydrogen) atoms. The Balaban J connectivity index is 1.81. The van der Waals surface area contributed by atoms with E-state index in [2.05, 4.69) is 9.97 Å². The van der Waals surface area contributed by atoms with Crippen LogP contribution < -0.4 is 0 Å². The first-order chi connectivity index (χ1) is 10.7. The Morgan fingerprint density at radius 2 is 1.95 bits per heavy atom. The first kappa shape index (κ1) is 13.1. The molecule has 108 valence electrons. The van der Waals surface area contributed by atoms with E-state index in [1.165, 1.54) is 6.07 Å². The van der Waals surface area contributed by atoms with Crippen molar-refractivity contribution in [3.63, 3.8) is 0 Å². The van der Waals surface area contributed by atoms with Gasteiger partial charge in [0.2, 0.25) is 0 Å². The summed E-state index contributed by atoms with van der Waals surface area (Å²) in [6.07, 6.45) is 1.61. The van der Waals surface area contributed by atoms with Gasteiger partial charge in [-0.3, -0.25) is 0 Å². The number of fused-ring (bicyclic) bond motifs is 1. The van der Waals surface area contributed by atoms with Gasteiger partial charge in [0, 0.05) is 5.39 Å². The molecule has 0 atom stereocenters. The molecule has 0 spiro atoms. The molecule has 0 saturated heterocycles. The zero-order chi connectivity index (χ0) is 15.1. The average Bonchev–Trinajstić information content (AvgIpc) is 3.13. The quantitative estimate of drug-likeness (QED) is 0.547. The van der Waals surface area contributed by atoms with E-state index in [4.69, 9.17) is 16.0 Å². The summed E-state index contributed by atoms with van der Waals surface area (Å²) in [6.45, 7) is 0. The molecule has 2 aromatic heterocycles. The van der Waals surface area contributed by atoms with Crippen LogP contribution in [0.3, 0.4) is 0 Å². The van der Waals surface area contributed by atoms with Crippen LogP contribution in [0.1, 0.15) is 0 Å². The van der Waals surface area contributed by atoms with Gasteiger partial charge in [-0.25, -0.2) is 9.37 Å². The van der Waals surface area contributed by atoms with E-state index in [0.29, 0.717) is 22.3 Å². The zero-order valence-corrected chi connectivity index (χ0v) is 12.1. The third-order valence-electron chi connectivity index (χ3n) is 3.47. The van der Waals surface area contributed by atoms with E-state index in [1.807, 2.05) is 30.3 Å². The molecule has 0 saturated carbocycles. The predicted molar refractivity (Wildman–Crippen MR) is 84.2 cm³/mol. The lowest BCUT2D eigenvalue weighted by atomic mass is 10.2. The highest BCUT2D eigenvalue weighted by Crippen LogP contribution is 2.31. The maximum absolute atomic E-state index is 13.9. The fraction of sp³-hybridized carbons (Fsp3) is 0. The van der Waals surface area contributed by atoms with Crippen LogP contribution in [0.15, 0.2) is 59.1 Å². The Bertz CT molecular complexity index is 920.